The zero-order valence-electron chi connectivity index (χ0n) is 8.60. The third-order valence-corrected chi connectivity index (χ3v) is 1.81. The number of hydrogen-bond donors (Lipinski definition) is 1. The minimum Gasteiger partial charge on any atom is -0.311 e. The number of alkyl halides is 1. The molecule has 0 aliphatic heterocycles. The molecule has 1 heterocycles. The molecule has 0 saturated carbocycles. The second kappa shape index (κ2) is 5.38. The molecule has 15 heavy (non-hydrogen) atoms. The normalized spacial score (nSPS) is 9.00. The molecule has 0 aliphatic carbocycles. The van der Waals surface area contributed by atoms with Gasteiger partial charge in [-0.15, -0.1) is 11.6 Å². The van der Waals surface area contributed by atoms with Crippen molar-refractivity contribution in [2.45, 2.75) is 13.8 Å². The zero-order valence-corrected chi connectivity index (χ0v) is 9.35. The number of carbonyl (C=O) groups excluding carboxylic acids is 1. The molecule has 0 saturated heterocycles. The summed E-state index contributed by atoms with van der Waals surface area (Å²) >= 11 is 5.45. The Morgan fingerprint density at radius 3 is 2.87 bits per heavy atom. The highest BCUT2D eigenvalue weighted by Gasteiger charge is 2.00. The fraction of sp³-hybridized carbons (Fsp3) is 0.273. The summed E-state index contributed by atoms with van der Waals surface area (Å²) in [5.41, 5.74) is 1.60. The van der Waals surface area contributed by atoms with Crippen LogP contribution in [0.25, 0.3) is 0 Å². The molecule has 3 nitrogen and oxygen atoms in total. The van der Waals surface area contributed by atoms with Crippen LogP contribution >= 0.6 is 11.6 Å². The molecule has 78 valence electrons. The van der Waals surface area contributed by atoms with Gasteiger partial charge in [0, 0.05) is 12.5 Å². The van der Waals surface area contributed by atoms with Crippen LogP contribution in [0.15, 0.2) is 12.1 Å². The van der Waals surface area contributed by atoms with Crippen LogP contribution in [0.3, 0.4) is 0 Å². The van der Waals surface area contributed by atoms with Gasteiger partial charge in [0.25, 0.3) is 0 Å². The van der Waals surface area contributed by atoms with E-state index in [1.165, 1.54) is 6.92 Å². The lowest BCUT2D eigenvalue weighted by Gasteiger charge is -2.03. The fourth-order valence-electron chi connectivity index (χ4n) is 1.07. The standard InChI is InChI=1S/C11H11ClN2O/c1-8-10(4-3-7-12)5-6-11(13-8)14-9(2)15/h5-6H,7H2,1-2H3,(H,13,14,15). The van der Waals surface area contributed by atoms with Crippen LogP contribution in [0, 0.1) is 18.8 Å². The number of hydrogen-bond acceptors (Lipinski definition) is 2. The molecule has 0 bridgehead atoms. The van der Waals surface area contributed by atoms with Crippen LogP contribution < -0.4 is 5.32 Å². The van der Waals surface area contributed by atoms with Crippen molar-refractivity contribution in [2.24, 2.45) is 0 Å². The average molecular weight is 223 g/mol. The van der Waals surface area contributed by atoms with Crippen molar-refractivity contribution in [3.8, 4) is 11.8 Å². The minimum atomic E-state index is -0.138. The van der Waals surface area contributed by atoms with Crippen LogP contribution in [0.4, 0.5) is 5.82 Å². The third-order valence-electron chi connectivity index (χ3n) is 1.68. The van der Waals surface area contributed by atoms with Gasteiger partial charge in [0.1, 0.15) is 5.82 Å². The predicted octanol–water partition coefficient (Wildman–Crippen LogP) is 1.94. The van der Waals surface area contributed by atoms with E-state index >= 15 is 0 Å². The Balaban J connectivity index is 2.92. The number of carbonyl (C=O) groups is 1. The molecule has 0 spiro atoms. The number of nitrogens with zero attached hydrogens (tertiary/aromatic N) is 1. The van der Waals surface area contributed by atoms with Crippen molar-refractivity contribution < 1.29 is 4.79 Å². The van der Waals surface area contributed by atoms with E-state index in [2.05, 4.69) is 22.1 Å². The van der Waals surface area contributed by atoms with Gasteiger partial charge in [0.2, 0.25) is 5.91 Å². The SMILES string of the molecule is CC(=O)Nc1ccc(C#CCCl)c(C)n1. The molecule has 4 heteroatoms. The summed E-state index contributed by atoms with van der Waals surface area (Å²) < 4.78 is 0. The first-order valence-electron chi connectivity index (χ1n) is 4.43. The van der Waals surface area contributed by atoms with Crippen LogP contribution in [-0.2, 0) is 4.79 Å². The Bertz CT molecular complexity index is 432. The molecule has 0 atom stereocenters. The number of aryl methyl sites for hydroxylation is 1. The summed E-state index contributed by atoms with van der Waals surface area (Å²) in [6, 6.07) is 3.53. The number of amides is 1. The van der Waals surface area contributed by atoms with Crippen LogP contribution in [0.5, 0.6) is 0 Å². The molecule has 0 aromatic carbocycles. The lowest BCUT2D eigenvalue weighted by molar-refractivity contribution is -0.114. The molecule has 0 unspecified atom stereocenters. The van der Waals surface area contributed by atoms with Gasteiger partial charge in [-0.3, -0.25) is 4.79 Å². The van der Waals surface area contributed by atoms with Crippen molar-refractivity contribution in [1.82, 2.24) is 4.98 Å². The van der Waals surface area contributed by atoms with Gasteiger partial charge < -0.3 is 5.32 Å². The highest BCUT2D eigenvalue weighted by Crippen LogP contribution is 2.09. The van der Waals surface area contributed by atoms with Gasteiger partial charge >= 0.3 is 0 Å². The molecular formula is C11H11ClN2O. The van der Waals surface area contributed by atoms with E-state index in [9.17, 15) is 4.79 Å². The van der Waals surface area contributed by atoms with Crippen molar-refractivity contribution in [2.75, 3.05) is 11.2 Å². The van der Waals surface area contributed by atoms with Crippen LogP contribution in [-0.4, -0.2) is 16.8 Å². The Hall–Kier alpha value is -1.53. The Kier molecular flexibility index (Phi) is 4.14. The maximum absolute atomic E-state index is 10.8. The Morgan fingerprint density at radius 1 is 1.60 bits per heavy atom. The van der Waals surface area contributed by atoms with Gasteiger partial charge in [-0.1, -0.05) is 11.8 Å². The first-order valence-corrected chi connectivity index (χ1v) is 4.97. The molecular weight excluding hydrogens is 212 g/mol. The highest BCUT2D eigenvalue weighted by atomic mass is 35.5. The summed E-state index contributed by atoms with van der Waals surface area (Å²) in [5, 5.41) is 2.60. The van der Waals surface area contributed by atoms with E-state index in [0.29, 0.717) is 11.7 Å². The largest absolute Gasteiger partial charge is 0.311 e. The van der Waals surface area contributed by atoms with E-state index < -0.39 is 0 Å². The van der Waals surface area contributed by atoms with Crippen molar-refractivity contribution >= 4 is 23.3 Å². The maximum atomic E-state index is 10.8. The molecule has 1 amide bonds. The lowest BCUT2D eigenvalue weighted by Crippen LogP contribution is -2.08. The van der Waals surface area contributed by atoms with Gasteiger partial charge in [-0.2, -0.15) is 0 Å². The molecule has 0 aliphatic rings. The summed E-state index contributed by atoms with van der Waals surface area (Å²) in [6.45, 7) is 3.28. The molecule has 1 aromatic rings. The van der Waals surface area contributed by atoms with Gasteiger partial charge in [0.15, 0.2) is 0 Å². The summed E-state index contributed by atoms with van der Waals surface area (Å²) in [6.07, 6.45) is 0. The molecule has 1 rings (SSSR count). The van der Waals surface area contributed by atoms with E-state index in [1.807, 2.05) is 13.0 Å². The van der Waals surface area contributed by atoms with Crippen molar-refractivity contribution in [3.05, 3.63) is 23.4 Å². The molecule has 0 fully saturated rings. The minimum absolute atomic E-state index is 0.138. The Labute approximate surface area is 93.9 Å². The van der Waals surface area contributed by atoms with E-state index in [1.54, 1.807) is 6.07 Å². The first kappa shape index (κ1) is 11.5. The monoisotopic (exact) mass is 222 g/mol. The number of anilines is 1. The fourth-order valence-corrected chi connectivity index (χ4v) is 1.14. The molecule has 1 aromatic heterocycles. The number of pyridine rings is 1. The van der Waals surface area contributed by atoms with E-state index in [0.717, 1.165) is 11.3 Å². The van der Waals surface area contributed by atoms with Gasteiger partial charge in [-0.05, 0) is 19.1 Å². The lowest BCUT2D eigenvalue weighted by atomic mass is 10.2. The van der Waals surface area contributed by atoms with Crippen molar-refractivity contribution in [3.63, 3.8) is 0 Å². The zero-order chi connectivity index (χ0) is 11.3. The van der Waals surface area contributed by atoms with Gasteiger partial charge in [-0.25, -0.2) is 4.98 Å². The number of aromatic nitrogens is 1. The highest BCUT2D eigenvalue weighted by molar-refractivity contribution is 6.19. The maximum Gasteiger partial charge on any atom is 0.222 e. The number of nitrogens with one attached hydrogen (secondary N) is 1. The second-order valence-electron chi connectivity index (χ2n) is 2.95. The van der Waals surface area contributed by atoms with Gasteiger partial charge in [0.05, 0.1) is 11.6 Å². The topological polar surface area (TPSA) is 42.0 Å². The third kappa shape index (κ3) is 3.61. The quantitative estimate of drug-likeness (QED) is 0.583. The predicted molar refractivity (Wildman–Crippen MR) is 60.9 cm³/mol. The summed E-state index contributed by atoms with van der Waals surface area (Å²) in [7, 11) is 0. The summed E-state index contributed by atoms with van der Waals surface area (Å²) in [5.74, 6) is 6.34. The number of halogens is 1. The smallest absolute Gasteiger partial charge is 0.222 e. The van der Waals surface area contributed by atoms with Crippen molar-refractivity contribution in [1.29, 1.82) is 0 Å². The van der Waals surface area contributed by atoms with E-state index in [-0.39, 0.29) is 5.91 Å². The second-order valence-corrected chi connectivity index (χ2v) is 3.21. The number of rotatable bonds is 1. The first-order chi connectivity index (χ1) is 7.13. The summed E-state index contributed by atoms with van der Waals surface area (Å²) in [4.78, 5) is 15.0. The van der Waals surface area contributed by atoms with Crippen LogP contribution in [0.2, 0.25) is 0 Å². The van der Waals surface area contributed by atoms with E-state index in [4.69, 9.17) is 11.6 Å². The molecule has 1 N–H and O–H groups in total. The van der Waals surface area contributed by atoms with Crippen LogP contribution in [0.1, 0.15) is 18.2 Å². The average Bonchev–Trinajstić information content (AvgIpc) is 2.15. The molecule has 0 radical (unpaired) electrons. The Morgan fingerprint density at radius 2 is 2.33 bits per heavy atom.